The maximum Gasteiger partial charge on any atom is 0.488 e. The zero-order valence-corrected chi connectivity index (χ0v) is 25.5. The number of rotatable bonds is 15. The number of carbonyl (C=O) groups is 4. The lowest BCUT2D eigenvalue weighted by Crippen LogP contribution is -2.57. The Morgan fingerprint density at radius 3 is 1.38 bits per heavy atom. The molecule has 0 aromatic heterocycles. The number of hydrogen-bond acceptors (Lipinski definition) is 7. The number of benzene rings is 4. The van der Waals surface area contributed by atoms with Crippen LogP contribution in [0.5, 0.6) is 0 Å². The summed E-state index contributed by atoms with van der Waals surface area (Å²) in [4.78, 5) is 52.3. The topological polar surface area (TPSA) is 174 Å². The Morgan fingerprint density at radius 2 is 0.957 bits per heavy atom. The Labute approximate surface area is 272 Å². The molecule has 4 aromatic rings. The van der Waals surface area contributed by atoms with Crippen molar-refractivity contribution in [2.75, 3.05) is 0 Å². The molecule has 11 nitrogen and oxygen atoms in total. The number of nitrogens with one attached hydrogen (secondary N) is 3. The lowest BCUT2D eigenvalue weighted by molar-refractivity contribution is -0.142. The number of hydrogen-bond donors (Lipinski definition) is 6. The van der Waals surface area contributed by atoms with Crippen molar-refractivity contribution in [3.05, 3.63) is 138 Å². The van der Waals surface area contributed by atoms with Gasteiger partial charge < -0.3 is 35.8 Å². The Bertz CT molecular complexity index is 1610. The van der Waals surface area contributed by atoms with Crippen LogP contribution in [-0.4, -0.2) is 64.3 Å². The Kier molecular flexibility index (Phi) is 12.7. The molecule has 0 unspecified atom stereocenters. The van der Waals surface area contributed by atoms with Gasteiger partial charge in [-0.15, -0.1) is 0 Å². The fourth-order valence-electron chi connectivity index (χ4n) is 4.83. The maximum absolute atomic E-state index is 13.7. The molecule has 242 valence electrons. The number of aliphatic carboxylic acids is 1. The number of ether oxygens (including phenoxy) is 1. The van der Waals surface area contributed by atoms with Gasteiger partial charge in [0.05, 0.1) is 0 Å². The van der Waals surface area contributed by atoms with E-state index in [-0.39, 0.29) is 31.3 Å². The summed E-state index contributed by atoms with van der Waals surface area (Å²) in [5.74, 6) is -2.58. The van der Waals surface area contributed by atoms with Crippen LogP contribution in [0.2, 0.25) is 0 Å². The fraction of sp³-hybridized carbons (Fsp3) is 0.200. The van der Waals surface area contributed by atoms with Crippen molar-refractivity contribution >= 4 is 36.5 Å². The summed E-state index contributed by atoms with van der Waals surface area (Å²) in [6.45, 7) is -0.148. The largest absolute Gasteiger partial charge is 0.488 e. The van der Waals surface area contributed by atoms with Crippen LogP contribution in [-0.2, 0) is 45.0 Å². The van der Waals surface area contributed by atoms with Gasteiger partial charge in [0.15, 0.2) is 0 Å². The van der Waals surface area contributed by atoms with Gasteiger partial charge in [-0.25, -0.2) is 9.59 Å². The smallest absolute Gasteiger partial charge is 0.480 e. The molecule has 0 aliphatic rings. The van der Waals surface area contributed by atoms with Crippen molar-refractivity contribution < 1.29 is 39.1 Å². The Balaban J connectivity index is 1.50. The summed E-state index contributed by atoms with van der Waals surface area (Å²) in [6.07, 6.45) is -0.695. The highest BCUT2D eigenvalue weighted by Crippen LogP contribution is 2.10. The van der Waals surface area contributed by atoms with Crippen molar-refractivity contribution in [2.45, 2.75) is 44.0 Å². The molecule has 4 rings (SSSR count). The molecule has 4 aromatic carbocycles. The van der Waals surface area contributed by atoms with E-state index in [0.29, 0.717) is 5.56 Å². The normalized spacial score (nSPS) is 12.6. The zero-order chi connectivity index (χ0) is 33.6. The van der Waals surface area contributed by atoms with E-state index in [1.807, 2.05) is 12.1 Å². The van der Waals surface area contributed by atoms with Crippen molar-refractivity contribution in [2.24, 2.45) is 0 Å². The number of carboxylic acids is 1. The standard InChI is InChI=1S/C35H36BN3O8/c40-32(38-31(34(42)43)22-26-14-8-3-9-15-26)29(20-24-10-4-1-5-11-24)37-33(41)30(21-25-12-6-2-7-13-25)39-35(44)47-23-27-16-18-28(19-17-27)36(45)46/h1-19,29-31,45-46H,20-23H2,(H,37,41)(H,38,40)(H,39,44)(H,42,43)/t29-,30-,31-/m0/s1. The monoisotopic (exact) mass is 637 g/mol. The summed E-state index contributed by atoms with van der Waals surface area (Å²) in [5.41, 5.74) is 3.05. The number of alkyl carbamates (subject to hydrolysis) is 1. The second-order valence-corrected chi connectivity index (χ2v) is 10.9. The Hall–Kier alpha value is -5.46. The molecular formula is C35H36BN3O8. The fourth-order valence-corrected chi connectivity index (χ4v) is 4.83. The van der Waals surface area contributed by atoms with Gasteiger partial charge in [0.25, 0.3) is 0 Å². The molecule has 47 heavy (non-hydrogen) atoms. The molecule has 12 heteroatoms. The van der Waals surface area contributed by atoms with Crippen molar-refractivity contribution in [3.63, 3.8) is 0 Å². The predicted octanol–water partition coefficient (Wildman–Crippen LogP) is 1.74. The number of carbonyl (C=O) groups excluding carboxylic acids is 3. The summed E-state index contributed by atoms with van der Waals surface area (Å²) in [7, 11) is -1.63. The van der Waals surface area contributed by atoms with Crippen LogP contribution in [0.4, 0.5) is 4.79 Å². The van der Waals surface area contributed by atoms with E-state index < -0.39 is 49.1 Å². The van der Waals surface area contributed by atoms with E-state index in [0.717, 1.165) is 16.7 Å². The molecule has 6 N–H and O–H groups in total. The summed E-state index contributed by atoms with van der Waals surface area (Å²) in [6, 6.07) is 29.4. The van der Waals surface area contributed by atoms with Gasteiger partial charge in [0.1, 0.15) is 24.7 Å². The first kappa shape index (κ1) is 34.4. The highest BCUT2D eigenvalue weighted by Gasteiger charge is 2.30. The van der Waals surface area contributed by atoms with Crippen LogP contribution >= 0.6 is 0 Å². The Morgan fingerprint density at radius 1 is 0.553 bits per heavy atom. The first-order valence-corrected chi connectivity index (χ1v) is 15.0. The van der Waals surface area contributed by atoms with E-state index >= 15 is 0 Å². The lowest BCUT2D eigenvalue weighted by Gasteiger charge is -2.25. The summed E-state index contributed by atoms with van der Waals surface area (Å²) in [5, 5.41) is 36.3. The van der Waals surface area contributed by atoms with Gasteiger partial charge in [-0.05, 0) is 27.7 Å². The van der Waals surface area contributed by atoms with Crippen LogP contribution in [0.15, 0.2) is 115 Å². The van der Waals surface area contributed by atoms with Crippen LogP contribution in [0.1, 0.15) is 22.3 Å². The number of carboxylic acid groups (broad SMARTS) is 1. The zero-order valence-electron chi connectivity index (χ0n) is 25.5. The van der Waals surface area contributed by atoms with Gasteiger partial charge in [-0.2, -0.15) is 0 Å². The molecular weight excluding hydrogens is 601 g/mol. The third-order valence-corrected chi connectivity index (χ3v) is 7.35. The summed E-state index contributed by atoms with van der Waals surface area (Å²) < 4.78 is 5.33. The highest BCUT2D eigenvalue weighted by atomic mass is 16.5. The van der Waals surface area contributed by atoms with Crippen molar-refractivity contribution in [3.8, 4) is 0 Å². The first-order chi connectivity index (χ1) is 22.7. The highest BCUT2D eigenvalue weighted by molar-refractivity contribution is 6.58. The van der Waals surface area contributed by atoms with Gasteiger partial charge >= 0.3 is 19.2 Å². The molecule has 0 aliphatic heterocycles. The van der Waals surface area contributed by atoms with E-state index in [9.17, 15) is 34.3 Å². The van der Waals surface area contributed by atoms with Gasteiger partial charge in [0.2, 0.25) is 11.8 Å². The second-order valence-electron chi connectivity index (χ2n) is 10.9. The average Bonchev–Trinajstić information content (AvgIpc) is 3.08. The molecule has 0 aliphatic carbocycles. The van der Waals surface area contributed by atoms with Crippen molar-refractivity contribution in [1.82, 2.24) is 16.0 Å². The molecule has 0 radical (unpaired) electrons. The van der Waals surface area contributed by atoms with Crippen molar-refractivity contribution in [1.29, 1.82) is 0 Å². The SMILES string of the molecule is O=C(N[C@@H](Cc1ccccc1)C(=O)N[C@@H](Cc1ccccc1)C(=O)N[C@@H](Cc1ccccc1)C(=O)O)OCc1ccc(B(O)O)cc1. The first-order valence-electron chi connectivity index (χ1n) is 15.0. The van der Waals surface area contributed by atoms with E-state index in [2.05, 4.69) is 16.0 Å². The molecule has 0 saturated carbocycles. The lowest BCUT2D eigenvalue weighted by atomic mass is 9.80. The van der Waals surface area contributed by atoms with E-state index in [1.54, 1.807) is 91.0 Å². The quantitative estimate of drug-likeness (QED) is 0.107. The van der Waals surface area contributed by atoms with Gasteiger partial charge in [-0.3, -0.25) is 9.59 Å². The third-order valence-electron chi connectivity index (χ3n) is 7.35. The maximum atomic E-state index is 13.7. The second kappa shape index (κ2) is 17.3. The summed E-state index contributed by atoms with van der Waals surface area (Å²) >= 11 is 0. The van der Waals surface area contributed by atoms with Crippen LogP contribution in [0.3, 0.4) is 0 Å². The van der Waals surface area contributed by atoms with Crippen LogP contribution in [0, 0.1) is 0 Å². The molecule has 0 fully saturated rings. The molecule has 3 amide bonds. The third kappa shape index (κ3) is 11.1. The molecule has 0 heterocycles. The van der Waals surface area contributed by atoms with Crippen LogP contribution < -0.4 is 21.4 Å². The number of amides is 3. The predicted molar refractivity (Wildman–Crippen MR) is 175 cm³/mol. The molecule has 0 bridgehead atoms. The van der Waals surface area contributed by atoms with Gasteiger partial charge in [0, 0.05) is 19.3 Å². The minimum absolute atomic E-state index is 0.0429. The minimum Gasteiger partial charge on any atom is -0.480 e. The van der Waals surface area contributed by atoms with E-state index in [1.165, 1.54) is 12.1 Å². The van der Waals surface area contributed by atoms with Gasteiger partial charge in [-0.1, -0.05) is 115 Å². The van der Waals surface area contributed by atoms with Crippen LogP contribution in [0.25, 0.3) is 0 Å². The molecule has 0 saturated heterocycles. The minimum atomic E-state index is -1.63. The average molecular weight is 637 g/mol. The van der Waals surface area contributed by atoms with E-state index in [4.69, 9.17) is 4.74 Å². The molecule has 0 spiro atoms. The molecule has 3 atom stereocenters.